The molecule has 1 saturated heterocycles. The molecule has 4 N–H and O–H groups in total. The second kappa shape index (κ2) is 7.54. The average Bonchev–Trinajstić information content (AvgIpc) is 2.84. The molecule has 0 aliphatic carbocycles. The van der Waals surface area contributed by atoms with Crippen LogP contribution in [0.1, 0.15) is 25.3 Å². The maximum atomic E-state index is 11.8. The normalized spacial score (nSPS) is 24.0. The van der Waals surface area contributed by atoms with E-state index in [-0.39, 0.29) is 18.1 Å². The number of nitrogens with one attached hydrogen (secondary N) is 1. The maximum Gasteiger partial charge on any atom is 0.236 e. The van der Waals surface area contributed by atoms with Gasteiger partial charge in [-0.05, 0) is 18.4 Å². The van der Waals surface area contributed by atoms with Crippen molar-refractivity contribution < 1.29 is 9.90 Å². The Morgan fingerprint density at radius 2 is 2.19 bits per heavy atom. The van der Waals surface area contributed by atoms with Crippen LogP contribution in [0.2, 0.25) is 0 Å². The summed E-state index contributed by atoms with van der Waals surface area (Å²) in [7, 11) is 0. The van der Waals surface area contributed by atoms with Crippen molar-refractivity contribution >= 4 is 5.91 Å². The van der Waals surface area contributed by atoms with Gasteiger partial charge in [0.05, 0.1) is 12.1 Å². The molecule has 1 fully saturated rings. The summed E-state index contributed by atoms with van der Waals surface area (Å²) in [6.07, 6.45) is 0.997. The van der Waals surface area contributed by atoms with Crippen LogP contribution in [0.15, 0.2) is 30.3 Å². The van der Waals surface area contributed by atoms with Gasteiger partial charge in [0.25, 0.3) is 0 Å². The fraction of sp³-hybridized carbons (Fsp3) is 0.562. The fourth-order valence-corrected chi connectivity index (χ4v) is 2.72. The van der Waals surface area contributed by atoms with E-state index < -0.39 is 6.04 Å². The number of rotatable bonds is 6. The lowest BCUT2D eigenvalue weighted by Crippen LogP contribution is -2.45. The summed E-state index contributed by atoms with van der Waals surface area (Å²) in [6, 6.07) is 9.89. The van der Waals surface area contributed by atoms with Crippen LogP contribution in [0.5, 0.6) is 0 Å². The zero-order valence-corrected chi connectivity index (χ0v) is 12.5. The van der Waals surface area contributed by atoms with Gasteiger partial charge in [-0.1, -0.05) is 37.3 Å². The number of benzene rings is 1. The summed E-state index contributed by atoms with van der Waals surface area (Å²) in [5.41, 5.74) is 6.93. The van der Waals surface area contributed by atoms with E-state index in [4.69, 9.17) is 5.73 Å². The second-order valence-electron chi connectivity index (χ2n) is 5.72. The highest BCUT2D eigenvalue weighted by atomic mass is 16.3. The summed E-state index contributed by atoms with van der Waals surface area (Å²) >= 11 is 0. The number of nitrogens with two attached hydrogens (primary N) is 1. The Bertz CT molecular complexity index is 452. The van der Waals surface area contributed by atoms with E-state index in [1.807, 2.05) is 25.1 Å². The van der Waals surface area contributed by atoms with Gasteiger partial charge in [-0.25, -0.2) is 0 Å². The van der Waals surface area contributed by atoms with Crippen molar-refractivity contribution in [3.8, 4) is 0 Å². The van der Waals surface area contributed by atoms with Crippen LogP contribution < -0.4 is 11.1 Å². The third-order valence-electron chi connectivity index (χ3n) is 4.02. The van der Waals surface area contributed by atoms with Crippen LogP contribution in [0.25, 0.3) is 0 Å². The summed E-state index contributed by atoms with van der Waals surface area (Å²) in [6.45, 7) is 3.87. The van der Waals surface area contributed by atoms with Crippen LogP contribution >= 0.6 is 0 Å². The molecular weight excluding hydrogens is 266 g/mol. The fourth-order valence-electron chi connectivity index (χ4n) is 2.72. The molecule has 1 heterocycles. The standard InChI is InChI=1S/C16H25N3O2/c1-2-15(17)16(21)18-9-13-8-14(20)11-19(13)10-12-6-4-3-5-7-12/h3-7,13-15,20H,2,8-11,17H2,1H3,(H,18,21)/t13-,14-,15+/m1/s1. The highest BCUT2D eigenvalue weighted by Gasteiger charge is 2.31. The molecule has 5 heteroatoms. The number of hydrogen-bond donors (Lipinski definition) is 3. The molecular formula is C16H25N3O2. The highest BCUT2D eigenvalue weighted by Crippen LogP contribution is 2.20. The molecule has 21 heavy (non-hydrogen) atoms. The van der Waals surface area contributed by atoms with Crippen molar-refractivity contribution in [2.75, 3.05) is 13.1 Å². The Balaban J connectivity index is 1.89. The van der Waals surface area contributed by atoms with Crippen LogP contribution in [0, 0.1) is 0 Å². The predicted octanol–water partition coefficient (Wildman–Crippen LogP) is 0.475. The molecule has 0 bridgehead atoms. The Kier molecular flexibility index (Phi) is 5.73. The Morgan fingerprint density at radius 3 is 2.86 bits per heavy atom. The Hall–Kier alpha value is -1.43. The molecule has 116 valence electrons. The second-order valence-corrected chi connectivity index (χ2v) is 5.72. The van der Waals surface area contributed by atoms with Gasteiger partial charge in [0.15, 0.2) is 0 Å². The zero-order valence-electron chi connectivity index (χ0n) is 12.5. The van der Waals surface area contributed by atoms with Crippen molar-refractivity contribution in [2.45, 2.75) is 44.5 Å². The van der Waals surface area contributed by atoms with Gasteiger partial charge in [-0.15, -0.1) is 0 Å². The maximum absolute atomic E-state index is 11.8. The molecule has 1 aliphatic rings. The third kappa shape index (κ3) is 4.52. The van der Waals surface area contributed by atoms with Crippen molar-refractivity contribution in [2.24, 2.45) is 5.73 Å². The van der Waals surface area contributed by atoms with Crippen LogP contribution in [0.3, 0.4) is 0 Å². The van der Waals surface area contributed by atoms with Crippen molar-refractivity contribution in [3.05, 3.63) is 35.9 Å². The number of amides is 1. The van der Waals surface area contributed by atoms with E-state index in [2.05, 4.69) is 22.3 Å². The molecule has 0 radical (unpaired) electrons. The lowest BCUT2D eigenvalue weighted by Gasteiger charge is -2.25. The molecule has 0 saturated carbocycles. The van der Waals surface area contributed by atoms with Crippen LogP contribution in [-0.2, 0) is 11.3 Å². The smallest absolute Gasteiger partial charge is 0.236 e. The van der Waals surface area contributed by atoms with E-state index in [0.717, 1.165) is 6.54 Å². The number of nitrogens with zero attached hydrogens (tertiary/aromatic N) is 1. The molecule has 0 spiro atoms. The molecule has 0 unspecified atom stereocenters. The van der Waals surface area contributed by atoms with Gasteiger partial charge in [0.2, 0.25) is 5.91 Å². The predicted molar refractivity (Wildman–Crippen MR) is 82.5 cm³/mol. The van der Waals surface area contributed by atoms with Crippen molar-refractivity contribution in [1.82, 2.24) is 10.2 Å². The van der Waals surface area contributed by atoms with Gasteiger partial charge < -0.3 is 16.2 Å². The quantitative estimate of drug-likeness (QED) is 0.712. The Labute approximate surface area is 126 Å². The summed E-state index contributed by atoms with van der Waals surface area (Å²) < 4.78 is 0. The number of carbonyl (C=O) groups excluding carboxylic acids is 1. The first-order valence-corrected chi connectivity index (χ1v) is 7.59. The molecule has 1 aromatic carbocycles. The molecule has 2 rings (SSSR count). The number of aliphatic hydroxyl groups is 1. The minimum Gasteiger partial charge on any atom is -0.392 e. The summed E-state index contributed by atoms with van der Waals surface area (Å²) in [4.78, 5) is 14.0. The Morgan fingerprint density at radius 1 is 1.48 bits per heavy atom. The van der Waals surface area contributed by atoms with Gasteiger partial charge in [0.1, 0.15) is 0 Å². The average molecular weight is 291 g/mol. The number of β-amino-alcohol motifs (C(OH)–C–C–N with tert-alkyl or cyclic N) is 1. The SMILES string of the molecule is CC[C@H](N)C(=O)NC[C@H]1C[C@@H](O)CN1Cc1ccccc1. The number of carbonyl (C=O) groups is 1. The first-order valence-electron chi connectivity index (χ1n) is 7.59. The largest absolute Gasteiger partial charge is 0.392 e. The lowest BCUT2D eigenvalue weighted by atomic mass is 10.1. The van der Waals surface area contributed by atoms with E-state index >= 15 is 0 Å². The lowest BCUT2D eigenvalue weighted by molar-refractivity contribution is -0.122. The van der Waals surface area contributed by atoms with Crippen LogP contribution in [0.4, 0.5) is 0 Å². The van der Waals surface area contributed by atoms with Gasteiger partial charge >= 0.3 is 0 Å². The van der Waals surface area contributed by atoms with Gasteiger partial charge in [0, 0.05) is 25.7 Å². The number of likely N-dealkylation sites (tertiary alicyclic amines) is 1. The molecule has 3 atom stereocenters. The summed E-state index contributed by atoms with van der Waals surface area (Å²) in [5.74, 6) is -0.112. The first-order chi connectivity index (χ1) is 10.1. The van der Waals surface area contributed by atoms with Gasteiger partial charge in [-0.2, -0.15) is 0 Å². The highest BCUT2D eigenvalue weighted by molar-refractivity contribution is 5.81. The monoisotopic (exact) mass is 291 g/mol. The molecule has 1 aromatic rings. The zero-order chi connectivity index (χ0) is 15.2. The third-order valence-corrected chi connectivity index (χ3v) is 4.02. The molecule has 1 aliphatic heterocycles. The topological polar surface area (TPSA) is 78.6 Å². The van der Waals surface area contributed by atoms with Crippen molar-refractivity contribution in [1.29, 1.82) is 0 Å². The van der Waals surface area contributed by atoms with Crippen molar-refractivity contribution in [3.63, 3.8) is 0 Å². The number of aliphatic hydroxyl groups excluding tert-OH is 1. The first kappa shape index (κ1) is 15.9. The van der Waals surface area contributed by atoms with E-state index in [9.17, 15) is 9.90 Å². The van der Waals surface area contributed by atoms with E-state index in [1.54, 1.807) is 0 Å². The van der Waals surface area contributed by atoms with Crippen LogP contribution in [-0.4, -0.2) is 47.2 Å². The number of hydrogen-bond acceptors (Lipinski definition) is 4. The minimum absolute atomic E-state index is 0.112. The summed E-state index contributed by atoms with van der Waals surface area (Å²) in [5, 5.41) is 12.8. The van der Waals surface area contributed by atoms with E-state index in [0.29, 0.717) is 25.9 Å². The molecule has 0 aromatic heterocycles. The molecule has 1 amide bonds. The van der Waals surface area contributed by atoms with Gasteiger partial charge in [-0.3, -0.25) is 9.69 Å². The van der Waals surface area contributed by atoms with E-state index in [1.165, 1.54) is 5.56 Å². The molecule has 5 nitrogen and oxygen atoms in total. The minimum atomic E-state index is -0.445.